The van der Waals surface area contributed by atoms with Gasteiger partial charge in [-0.15, -0.1) is 0 Å². The zero-order chi connectivity index (χ0) is 12.2. The molecular formula is C8H11BrN2O3S2. The number of hydrogen-bond donors (Lipinski definition) is 1. The van der Waals surface area contributed by atoms with E-state index in [1.165, 1.54) is 6.20 Å². The van der Waals surface area contributed by atoms with Crippen LogP contribution in [0, 0.1) is 0 Å². The first-order chi connectivity index (χ1) is 7.47. The Bertz CT molecular complexity index is 469. The molecule has 0 unspecified atom stereocenters. The van der Waals surface area contributed by atoms with Gasteiger partial charge in [0.05, 0.1) is 10.7 Å². The first-order valence-corrected chi connectivity index (χ1v) is 7.68. The van der Waals surface area contributed by atoms with Gasteiger partial charge in [-0.1, -0.05) is 13.3 Å². The van der Waals surface area contributed by atoms with Gasteiger partial charge >= 0.3 is 0 Å². The van der Waals surface area contributed by atoms with Crippen molar-refractivity contribution in [1.82, 2.24) is 9.10 Å². The van der Waals surface area contributed by atoms with Crippen molar-refractivity contribution in [2.75, 3.05) is 0 Å². The summed E-state index contributed by atoms with van der Waals surface area (Å²) in [5.41, 5.74) is 0. The highest BCUT2D eigenvalue weighted by Crippen LogP contribution is 2.24. The summed E-state index contributed by atoms with van der Waals surface area (Å²) in [6.07, 6.45) is 3.12. The minimum absolute atomic E-state index is 0.0253. The number of aromatic nitrogens is 1. The molecule has 0 aliphatic rings. The molecule has 0 aliphatic heterocycles. The molecule has 16 heavy (non-hydrogen) atoms. The van der Waals surface area contributed by atoms with Crippen LogP contribution in [0.1, 0.15) is 26.2 Å². The molecule has 1 N–H and O–H groups in total. The van der Waals surface area contributed by atoms with Crippen molar-refractivity contribution >= 4 is 43.4 Å². The molecule has 1 aromatic rings. The van der Waals surface area contributed by atoms with Gasteiger partial charge in [0.15, 0.2) is 4.21 Å². The second-order valence-electron chi connectivity index (χ2n) is 3.09. The Hall–Kier alpha value is -0.470. The van der Waals surface area contributed by atoms with Crippen molar-refractivity contribution < 1.29 is 13.2 Å². The molecular weight excluding hydrogens is 316 g/mol. The largest absolute Gasteiger partial charge is 0.276 e. The van der Waals surface area contributed by atoms with Crippen molar-refractivity contribution in [2.24, 2.45) is 0 Å². The lowest BCUT2D eigenvalue weighted by Gasteiger charge is -2.04. The van der Waals surface area contributed by atoms with E-state index in [1.54, 1.807) is 0 Å². The Kier molecular flexibility index (Phi) is 4.88. The van der Waals surface area contributed by atoms with E-state index in [2.05, 4.69) is 20.3 Å². The van der Waals surface area contributed by atoms with Gasteiger partial charge in [-0.05, 0) is 33.9 Å². The van der Waals surface area contributed by atoms with Crippen molar-refractivity contribution in [3.63, 3.8) is 0 Å². The predicted octanol–water partition coefficient (Wildman–Crippen LogP) is 1.90. The predicted molar refractivity (Wildman–Crippen MR) is 64.7 cm³/mol. The van der Waals surface area contributed by atoms with Crippen LogP contribution in [0.2, 0.25) is 0 Å². The van der Waals surface area contributed by atoms with E-state index >= 15 is 0 Å². The third-order valence-electron chi connectivity index (χ3n) is 1.75. The van der Waals surface area contributed by atoms with Crippen molar-refractivity contribution in [3.05, 3.63) is 10.7 Å². The minimum Gasteiger partial charge on any atom is -0.274 e. The van der Waals surface area contributed by atoms with E-state index in [0.29, 0.717) is 10.9 Å². The van der Waals surface area contributed by atoms with Crippen LogP contribution < -0.4 is 4.72 Å². The summed E-state index contributed by atoms with van der Waals surface area (Å²) in [6, 6.07) is 0. The average Bonchev–Trinajstić information content (AvgIpc) is 2.61. The highest BCUT2D eigenvalue weighted by molar-refractivity contribution is 9.10. The van der Waals surface area contributed by atoms with Crippen LogP contribution in [-0.2, 0) is 14.8 Å². The number of nitrogens with zero attached hydrogens (tertiary/aromatic N) is 1. The fraction of sp³-hybridized carbons (Fsp3) is 0.500. The minimum atomic E-state index is -3.77. The first kappa shape index (κ1) is 13.6. The van der Waals surface area contributed by atoms with Crippen LogP contribution >= 0.6 is 27.5 Å². The van der Waals surface area contributed by atoms with Crippen LogP contribution in [0.25, 0.3) is 0 Å². The molecule has 1 aromatic heterocycles. The molecule has 0 bridgehead atoms. The van der Waals surface area contributed by atoms with Gasteiger partial charge in [0.2, 0.25) is 5.91 Å². The molecule has 90 valence electrons. The fourth-order valence-electron chi connectivity index (χ4n) is 0.979. The maximum atomic E-state index is 11.7. The number of unbranched alkanes of at least 4 members (excludes halogenated alkanes) is 1. The van der Waals surface area contributed by atoms with Crippen LogP contribution in [-0.4, -0.2) is 18.7 Å². The Morgan fingerprint density at radius 3 is 2.81 bits per heavy atom. The van der Waals surface area contributed by atoms with Gasteiger partial charge in [-0.2, -0.15) is 4.37 Å². The lowest BCUT2D eigenvalue weighted by atomic mass is 10.2. The van der Waals surface area contributed by atoms with Crippen molar-refractivity contribution in [1.29, 1.82) is 0 Å². The van der Waals surface area contributed by atoms with Gasteiger partial charge in [0.1, 0.15) is 0 Å². The summed E-state index contributed by atoms with van der Waals surface area (Å²) in [5, 5.41) is 0. The number of rotatable bonds is 5. The summed E-state index contributed by atoms with van der Waals surface area (Å²) >= 11 is 3.88. The van der Waals surface area contributed by atoms with Crippen LogP contribution in [0.4, 0.5) is 0 Å². The van der Waals surface area contributed by atoms with E-state index < -0.39 is 15.9 Å². The second-order valence-corrected chi connectivity index (χ2v) is 6.63. The summed E-state index contributed by atoms with van der Waals surface area (Å²) in [4.78, 5) is 11.3. The Morgan fingerprint density at radius 2 is 2.31 bits per heavy atom. The highest BCUT2D eigenvalue weighted by Gasteiger charge is 2.22. The van der Waals surface area contributed by atoms with Crippen LogP contribution in [0.3, 0.4) is 0 Å². The average molecular weight is 327 g/mol. The summed E-state index contributed by atoms with van der Waals surface area (Å²) in [5.74, 6) is -0.484. The van der Waals surface area contributed by atoms with E-state index in [1.807, 2.05) is 11.6 Å². The molecule has 0 aromatic carbocycles. The van der Waals surface area contributed by atoms with E-state index in [4.69, 9.17) is 0 Å². The lowest BCUT2D eigenvalue weighted by Crippen LogP contribution is -2.29. The number of hydrogen-bond acceptors (Lipinski definition) is 5. The molecule has 1 rings (SSSR count). The SMILES string of the molecule is CCCCC(=O)NS(=O)(=O)c1sncc1Br. The molecule has 1 heterocycles. The molecule has 0 saturated heterocycles. The van der Waals surface area contributed by atoms with E-state index in [9.17, 15) is 13.2 Å². The lowest BCUT2D eigenvalue weighted by molar-refractivity contribution is -0.119. The Labute approximate surface area is 107 Å². The quantitative estimate of drug-likeness (QED) is 0.896. The number of sulfonamides is 1. The molecule has 0 aliphatic carbocycles. The monoisotopic (exact) mass is 326 g/mol. The number of carbonyl (C=O) groups excluding carboxylic acids is 1. The molecule has 0 saturated carbocycles. The smallest absolute Gasteiger partial charge is 0.274 e. The van der Waals surface area contributed by atoms with Crippen molar-refractivity contribution in [2.45, 2.75) is 30.4 Å². The molecule has 8 heteroatoms. The third kappa shape index (κ3) is 3.53. The number of carbonyl (C=O) groups is 1. The normalized spacial score (nSPS) is 11.4. The molecule has 0 fully saturated rings. The maximum absolute atomic E-state index is 11.7. The Balaban J connectivity index is 2.74. The molecule has 1 amide bonds. The van der Waals surface area contributed by atoms with Gasteiger partial charge in [-0.3, -0.25) is 4.79 Å². The molecule has 5 nitrogen and oxygen atoms in total. The number of nitrogens with one attached hydrogen (secondary N) is 1. The van der Waals surface area contributed by atoms with Crippen LogP contribution in [0.5, 0.6) is 0 Å². The highest BCUT2D eigenvalue weighted by atomic mass is 79.9. The number of amides is 1. The third-order valence-corrected chi connectivity index (χ3v) is 5.56. The van der Waals surface area contributed by atoms with Crippen molar-refractivity contribution in [3.8, 4) is 0 Å². The molecule has 0 spiro atoms. The maximum Gasteiger partial charge on any atom is 0.276 e. The summed E-state index contributed by atoms with van der Waals surface area (Å²) in [6.45, 7) is 1.93. The zero-order valence-electron chi connectivity index (χ0n) is 8.57. The molecule has 0 atom stereocenters. The molecule has 0 radical (unpaired) electrons. The van der Waals surface area contributed by atoms with Gasteiger partial charge in [0, 0.05) is 6.42 Å². The van der Waals surface area contributed by atoms with E-state index in [-0.39, 0.29) is 10.6 Å². The first-order valence-electron chi connectivity index (χ1n) is 4.63. The summed E-state index contributed by atoms with van der Waals surface area (Å²) < 4.78 is 29.5. The summed E-state index contributed by atoms with van der Waals surface area (Å²) in [7, 11) is -3.77. The number of halogens is 1. The van der Waals surface area contributed by atoms with Gasteiger partial charge in [-0.25, -0.2) is 13.1 Å². The van der Waals surface area contributed by atoms with E-state index in [0.717, 1.165) is 18.0 Å². The van der Waals surface area contributed by atoms with Gasteiger partial charge < -0.3 is 0 Å². The Morgan fingerprint density at radius 1 is 1.62 bits per heavy atom. The van der Waals surface area contributed by atoms with Gasteiger partial charge in [0.25, 0.3) is 10.0 Å². The second kappa shape index (κ2) is 5.74. The van der Waals surface area contributed by atoms with Crippen LogP contribution in [0.15, 0.2) is 14.9 Å². The fourth-order valence-corrected chi connectivity index (χ4v) is 3.92. The topological polar surface area (TPSA) is 76.1 Å². The standard InChI is InChI=1S/C8H11BrN2O3S2/c1-2-3-4-7(12)11-16(13,14)8-6(9)5-10-15-8/h5H,2-4H2,1H3,(H,11,12). The zero-order valence-corrected chi connectivity index (χ0v) is 11.8.